The van der Waals surface area contributed by atoms with Crippen LogP contribution < -0.4 is 16.0 Å². The molecule has 0 aliphatic carbocycles. The van der Waals surface area contributed by atoms with E-state index in [1.54, 1.807) is 43.6 Å². The van der Waals surface area contributed by atoms with E-state index >= 15 is 0 Å². The summed E-state index contributed by atoms with van der Waals surface area (Å²) in [6.45, 7) is 7.74. The maximum atomic E-state index is 13.1. The lowest BCUT2D eigenvalue weighted by atomic mass is 9.95. The molecule has 2 heterocycles. The molecule has 9 heteroatoms. The molecule has 8 nitrogen and oxygen atoms in total. The average Bonchev–Trinajstić information content (AvgIpc) is 2.86. The lowest BCUT2D eigenvalue weighted by Crippen LogP contribution is -2.34. The highest BCUT2D eigenvalue weighted by molar-refractivity contribution is 6.34. The molecular weight excluding hydrogens is 488 g/mol. The predicted molar refractivity (Wildman–Crippen MR) is 148 cm³/mol. The molecule has 0 saturated heterocycles. The Morgan fingerprint density at radius 1 is 1.00 bits per heavy atom. The summed E-state index contributed by atoms with van der Waals surface area (Å²) < 4.78 is 0. The summed E-state index contributed by atoms with van der Waals surface area (Å²) in [5, 5.41) is 10.1. The van der Waals surface area contributed by atoms with Gasteiger partial charge in [-0.2, -0.15) is 0 Å². The number of hydrogen-bond acceptors (Lipinski definition) is 6. The molecule has 2 aromatic heterocycles. The van der Waals surface area contributed by atoms with Crippen molar-refractivity contribution in [3.05, 3.63) is 76.6 Å². The van der Waals surface area contributed by atoms with Crippen LogP contribution in [0.5, 0.6) is 0 Å². The fourth-order valence-corrected chi connectivity index (χ4v) is 3.92. The molecule has 0 saturated carbocycles. The van der Waals surface area contributed by atoms with E-state index in [0.29, 0.717) is 40.0 Å². The van der Waals surface area contributed by atoms with Gasteiger partial charge in [-0.25, -0.2) is 9.97 Å². The quantitative estimate of drug-likeness (QED) is 0.307. The van der Waals surface area contributed by atoms with Gasteiger partial charge in [0.05, 0.1) is 16.1 Å². The van der Waals surface area contributed by atoms with E-state index in [4.69, 9.17) is 16.6 Å². The number of fused-ring (bicyclic) bond motifs is 1. The van der Waals surface area contributed by atoms with Gasteiger partial charge in [0.15, 0.2) is 5.82 Å². The molecule has 37 heavy (non-hydrogen) atoms. The number of anilines is 2. The third-order valence-electron chi connectivity index (χ3n) is 5.76. The van der Waals surface area contributed by atoms with E-state index in [-0.39, 0.29) is 11.8 Å². The van der Waals surface area contributed by atoms with Gasteiger partial charge in [0.25, 0.3) is 5.91 Å². The smallest absolute Gasteiger partial charge is 0.257 e. The number of benzene rings is 2. The normalized spacial score (nSPS) is 11.3. The molecule has 0 atom stereocenters. The highest BCUT2D eigenvalue weighted by Crippen LogP contribution is 2.28. The number of nitrogens with zero attached hydrogens (tertiary/aromatic N) is 3. The lowest BCUT2D eigenvalue weighted by molar-refractivity contribution is -0.128. The predicted octanol–water partition coefficient (Wildman–Crippen LogP) is 5.61. The zero-order valence-electron chi connectivity index (χ0n) is 21.4. The number of carbonyl (C=O) groups excluding carboxylic acids is 2. The fraction of sp³-hybridized carbons (Fsp3) is 0.250. The van der Waals surface area contributed by atoms with Gasteiger partial charge < -0.3 is 16.0 Å². The molecule has 3 N–H and O–H groups in total. The fourth-order valence-electron chi connectivity index (χ4n) is 3.71. The molecule has 0 bridgehead atoms. The van der Waals surface area contributed by atoms with Crippen LogP contribution in [0.2, 0.25) is 5.02 Å². The number of aromatic nitrogens is 3. The van der Waals surface area contributed by atoms with Crippen LogP contribution >= 0.6 is 11.6 Å². The summed E-state index contributed by atoms with van der Waals surface area (Å²) in [6.07, 6.45) is 1.72. The summed E-state index contributed by atoms with van der Waals surface area (Å²) in [5.41, 5.74) is 3.54. The number of hydrogen-bond donors (Lipinski definition) is 3. The van der Waals surface area contributed by atoms with Gasteiger partial charge >= 0.3 is 0 Å². The molecular formula is C28H29ClN6O2. The van der Waals surface area contributed by atoms with E-state index in [9.17, 15) is 9.59 Å². The average molecular weight is 517 g/mol. The van der Waals surface area contributed by atoms with Gasteiger partial charge in [0, 0.05) is 47.5 Å². The van der Waals surface area contributed by atoms with Crippen LogP contribution in [0.15, 0.2) is 54.7 Å². The van der Waals surface area contributed by atoms with Crippen molar-refractivity contribution < 1.29 is 9.59 Å². The Balaban J connectivity index is 1.60. The van der Waals surface area contributed by atoms with Crippen LogP contribution in [0.25, 0.3) is 22.3 Å². The van der Waals surface area contributed by atoms with E-state index in [1.807, 2.05) is 45.9 Å². The lowest BCUT2D eigenvalue weighted by Gasteiger charge is -2.18. The summed E-state index contributed by atoms with van der Waals surface area (Å²) in [6, 6.07) is 14.4. The second-order valence-corrected chi connectivity index (χ2v) is 10.2. The first-order valence-corrected chi connectivity index (χ1v) is 12.2. The third kappa shape index (κ3) is 6.03. The van der Waals surface area contributed by atoms with E-state index in [1.165, 1.54) is 0 Å². The number of pyridine rings is 1. The Morgan fingerprint density at radius 2 is 1.78 bits per heavy atom. The standard InChI is InChI=1S/C28H29ClN6O2/c1-16-12-18(10-11-31-16)24-34-23-14-19(7-8-20(23)25(30-5)35-24)33-26(36)21-13-17(6-9-22(21)29)15-32-27(37)28(2,3)4/h6-14H,15H2,1-5H3,(H,32,37)(H,33,36)(H,30,34,35). The van der Waals surface area contributed by atoms with Crippen LogP contribution in [-0.2, 0) is 11.3 Å². The first kappa shape index (κ1) is 26.0. The summed E-state index contributed by atoms with van der Waals surface area (Å²) in [7, 11) is 1.80. The van der Waals surface area contributed by atoms with Crippen LogP contribution in [0.3, 0.4) is 0 Å². The van der Waals surface area contributed by atoms with E-state index in [0.717, 1.165) is 22.2 Å². The van der Waals surface area contributed by atoms with Crippen molar-refractivity contribution in [3.63, 3.8) is 0 Å². The molecule has 0 aliphatic rings. The highest BCUT2D eigenvalue weighted by Gasteiger charge is 2.21. The molecule has 4 aromatic rings. The highest BCUT2D eigenvalue weighted by atomic mass is 35.5. The topological polar surface area (TPSA) is 109 Å². The second kappa shape index (κ2) is 10.5. The zero-order chi connectivity index (χ0) is 26.7. The number of nitrogens with one attached hydrogen (secondary N) is 3. The summed E-state index contributed by atoms with van der Waals surface area (Å²) in [5.74, 6) is 0.800. The van der Waals surface area contributed by atoms with Gasteiger partial charge in [0.1, 0.15) is 5.82 Å². The molecule has 190 valence electrons. The van der Waals surface area contributed by atoms with Crippen molar-refractivity contribution in [3.8, 4) is 11.4 Å². The van der Waals surface area contributed by atoms with Gasteiger partial charge in [0.2, 0.25) is 5.91 Å². The zero-order valence-corrected chi connectivity index (χ0v) is 22.2. The Hall–Kier alpha value is -4.04. The van der Waals surface area contributed by atoms with Gasteiger partial charge in [-0.3, -0.25) is 14.6 Å². The van der Waals surface area contributed by atoms with Crippen molar-refractivity contribution in [1.29, 1.82) is 0 Å². The molecule has 0 radical (unpaired) electrons. The van der Waals surface area contributed by atoms with Crippen molar-refractivity contribution in [2.24, 2.45) is 5.41 Å². The number of amides is 2. The Morgan fingerprint density at radius 3 is 2.49 bits per heavy atom. The van der Waals surface area contributed by atoms with Crippen LogP contribution in [0.4, 0.5) is 11.5 Å². The molecule has 0 aliphatic heterocycles. The van der Waals surface area contributed by atoms with Crippen molar-refractivity contribution in [2.45, 2.75) is 34.2 Å². The minimum absolute atomic E-state index is 0.0751. The summed E-state index contributed by atoms with van der Waals surface area (Å²) >= 11 is 6.35. The Labute approximate surface area is 220 Å². The minimum atomic E-state index is -0.504. The molecule has 2 amide bonds. The monoisotopic (exact) mass is 516 g/mol. The maximum Gasteiger partial charge on any atom is 0.257 e. The third-order valence-corrected chi connectivity index (χ3v) is 6.09. The number of halogens is 1. The number of rotatable bonds is 6. The second-order valence-electron chi connectivity index (χ2n) is 9.76. The SMILES string of the molecule is CNc1nc(-c2ccnc(C)c2)nc2cc(NC(=O)c3cc(CNC(=O)C(C)(C)C)ccc3Cl)ccc12. The molecule has 0 unspecified atom stereocenters. The first-order chi connectivity index (χ1) is 17.5. The number of aryl methyl sites for hydroxylation is 1. The van der Waals surface area contributed by atoms with Crippen LogP contribution in [0.1, 0.15) is 42.4 Å². The van der Waals surface area contributed by atoms with Gasteiger partial charge in [-0.1, -0.05) is 38.4 Å². The molecule has 0 spiro atoms. The van der Waals surface area contributed by atoms with E-state index < -0.39 is 5.41 Å². The molecule has 4 rings (SSSR count). The van der Waals surface area contributed by atoms with Crippen molar-refractivity contribution >= 4 is 45.8 Å². The number of carbonyl (C=O) groups is 2. The Bertz CT molecular complexity index is 1500. The maximum absolute atomic E-state index is 13.1. The van der Waals surface area contributed by atoms with Gasteiger partial charge in [-0.05, 0) is 55.0 Å². The van der Waals surface area contributed by atoms with Crippen molar-refractivity contribution in [2.75, 3.05) is 17.7 Å². The largest absolute Gasteiger partial charge is 0.373 e. The van der Waals surface area contributed by atoms with Gasteiger partial charge in [-0.15, -0.1) is 0 Å². The molecule has 0 fully saturated rings. The summed E-state index contributed by atoms with van der Waals surface area (Å²) in [4.78, 5) is 39.0. The minimum Gasteiger partial charge on any atom is -0.373 e. The van der Waals surface area contributed by atoms with Crippen LogP contribution in [-0.4, -0.2) is 33.8 Å². The van der Waals surface area contributed by atoms with E-state index in [2.05, 4.69) is 25.9 Å². The first-order valence-electron chi connectivity index (χ1n) is 11.9. The van der Waals surface area contributed by atoms with Crippen molar-refractivity contribution in [1.82, 2.24) is 20.3 Å². The Kier molecular flexibility index (Phi) is 7.40. The van der Waals surface area contributed by atoms with Crippen LogP contribution in [0, 0.1) is 12.3 Å². The molecule has 2 aromatic carbocycles.